The molecular weight excluding hydrogens is 406 g/mol. The third-order valence-electron chi connectivity index (χ3n) is 5.79. The fourth-order valence-corrected chi connectivity index (χ4v) is 5.72. The van der Waals surface area contributed by atoms with Gasteiger partial charge in [-0.2, -0.15) is 0 Å². The number of aliphatic hydroxyl groups is 1. The number of hydrogen-bond acceptors (Lipinski definition) is 4. The second-order valence-corrected chi connectivity index (χ2v) is 13.7. The van der Waals surface area contributed by atoms with Gasteiger partial charge in [0.1, 0.15) is 18.5 Å². The van der Waals surface area contributed by atoms with Crippen LogP contribution in [0.15, 0.2) is 59.8 Å². The number of benzene rings is 2. The van der Waals surface area contributed by atoms with E-state index in [0.29, 0.717) is 6.61 Å². The normalized spacial score (nSPS) is 18.7. The van der Waals surface area contributed by atoms with Gasteiger partial charge < -0.3 is 14.7 Å². The van der Waals surface area contributed by atoms with E-state index < -0.39 is 10.0 Å². The van der Waals surface area contributed by atoms with Crippen molar-refractivity contribution in [3.05, 3.63) is 65.7 Å². The molecule has 170 valence electrons. The van der Waals surface area contributed by atoms with Gasteiger partial charge in [-0.3, -0.25) is 0 Å². The van der Waals surface area contributed by atoms with Gasteiger partial charge in [-0.15, -0.1) is 0 Å². The summed E-state index contributed by atoms with van der Waals surface area (Å²) in [5.74, 6) is 1.83. The molecule has 2 atom stereocenters. The van der Waals surface area contributed by atoms with Crippen LogP contribution in [-0.4, -0.2) is 54.7 Å². The summed E-state index contributed by atoms with van der Waals surface area (Å²) in [6.07, 6.45) is 11.2. The molecule has 0 radical (unpaired) electrons. The van der Waals surface area contributed by atoms with Crippen LogP contribution in [0.3, 0.4) is 0 Å². The van der Waals surface area contributed by atoms with Crippen LogP contribution in [0.4, 0.5) is 0 Å². The lowest BCUT2D eigenvalue weighted by atomic mass is 9.66. The van der Waals surface area contributed by atoms with Gasteiger partial charge in [0.25, 0.3) is 0 Å². The number of ether oxygens (including phenoxy) is 1. The van der Waals surface area contributed by atoms with Gasteiger partial charge in [0.05, 0.1) is 17.7 Å². The molecule has 2 aromatic rings. The summed E-state index contributed by atoms with van der Waals surface area (Å²) in [6, 6.07) is 19.0. The number of hydrogen-bond donors (Lipinski definition) is 1. The zero-order valence-electron chi connectivity index (χ0n) is 19.3. The first-order chi connectivity index (χ1) is 14.9. The molecule has 4 nitrogen and oxygen atoms in total. The molecule has 2 aromatic carbocycles. The van der Waals surface area contributed by atoms with Crippen molar-refractivity contribution in [3.63, 3.8) is 0 Å². The average Bonchev–Trinajstić information content (AvgIpc) is 3.21. The van der Waals surface area contributed by atoms with Crippen LogP contribution in [0.25, 0.3) is 0 Å². The highest BCUT2D eigenvalue weighted by Crippen LogP contribution is 2.44. The van der Waals surface area contributed by atoms with Gasteiger partial charge in [0, 0.05) is 12.2 Å². The summed E-state index contributed by atoms with van der Waals surface area (Å²) in [5, 5.41) is 13.8. The Morgan fingerprint density at radius 1 is 1.06 bits per heavy atom. The maximum atomic E-state index is 9.05. The third kappa shape index (κ3) is 5.83. The summed E-state index contributed by atoms with van der Waals surface area (Å²) in [4.78, 5) is 6.00. The highest BCUT2D eigenvalue weighted by Gasteiger charge is 2.43. The summed E-state index contributed by atoms with van der Waals surface area (Å²) >= 11 is 0. The molecule has 0 saturated heterocycles. The van der Waals surface area contributed by atoms with Gasteiger partial charge in [-0.05, 0) is 48.4 Å². The second-order valence-electron chi connectivity index (χ2n) is 9.20. The monoisotopic (exact) mass is 443 g/mol. The Balaban J connectivity index is 2.02. The molecule has 0 aliphatic carbocycles. The van der Waals surface area contributed by atoms with Crippen LogP contribution in [-0.2, 0) is 10.3 Å². The van der Waals surface area contributed by atoms with Crippen molar-refractivity contribution in [3.8, 4) is 5.75 Å². The van der Waals surface area contributed by atoms with Crippen molar-refractivity contribution < 1.29 is 14.7 Å². The maximum absolute atomic E-state index is 9.05. The Morgan fingerprint density at radius 2 is 1.74 bits per heavy atom. The largest absolute Gasteiger partial charge is 0.491 e. The molecule has 31 heavy (non-hydrogen) atoms. The van der Waals surface area contributed by atoms with Crippen LogP contribution >= 0.6 is 10.0 Å². The first-order valence-electron chi connectivity index (χ1n) is 11.2. The topological polar surface area (TPSA) is 51.0 Å². The second kappa shape index (κ2) is 10.6. The van der Waals surface area contributed by atoms with Gasteiger partial charge in [0.2, 0.25) is 0 Å². The predicted octanol–water partition coefficient (Wildman–Crippen LogP) is 5.37. The summed E-state index contributed by atoms with van der Waals surface area (Å²) < 4.78 is 5.60. The smallest absolute Gasteiger partial charge is 0.140 e. The molecule has 0 bridgehead atoms. The Kier molecular flexibility index (Phi) is 8.06. The quantitative estimate of drug-likeness (QED) is 0.508. The van der Waals surface area contributed by atoms with Crippen molar-refractivity contribution >= 4 is 15.7 Å². The molecule has 2 unspecified atom stereocenters. The summed E-state index contributed by atoms with van der Waals surface area (Å²) in [7, 11) is -0.672. The minimum atomic E-state index is -0.672. The SMILES string of the molecule is CCCCC(C1=NOC(CS(C)(C)C)C1)(c1ccccc1)c1ccc(OCCO)cc1. The van der Waals surface area contributed by atoms with Crippen LogP contribution < -0.4 is 4.74 Å². The average molecular weight is 444 g/mol. The van der Waals surface area contributed by atoms with Crippen molar-refractivity contribution in [1.29, 1.82) is 0 Å². The van der Waals surface area contributed by atoms with Gasteiger partial charge >= 0.3 is 0 Å². The summed E-state index contributed by atoms with van der Waals surface area (Å²) in [6.45, 7) is 2.55. The third-order valence-corrected chi connectivity index (χ3v) is 7.16. The van der Waals surface area contributed by atoms with Crippen molar-refractivity contribution in [2.75, 3.05) is 37.7 Å². The standard InChI is InChI=1S/C26H37NO3S/c1-5-6-16-26(21-10-8-7-9-11-21,22-12-14-23(15-13-22)29-18-17-28)25-19-24(30-27-25)20-31(2,3)4/h7-15,24,28H,5-6,16-20H2,1-4H3. The van der Waals surface area contributed by atoms with E-state index in [-0.39, 0.29) is 18.1 Å². The molecule has 1 aliphatic heterocycles. The number of rotatable bonds is 11. The Hall–Kier alpha value is -1.98. The van der Waals surface area contributed by atoms with Gasteiger partial charge in [0.15, 0.2) is 0 Å². The number of nitrogens with zero attached hydrogens (tertiary/aromatic N) is 1. The molecule has 5 heteroatoms. The van der Waals surface area contributed by atoms with E-state index in [4.69, 9.17) is 19.8 Å². The molecule has 1 aliphatic rings. The van der Waals surface area contributed by atoms with E-state index in [9.17, 15) is 0 Å². The molecule has 1 heterocycles. The molecule has 3 rings (SSSR count). The predicted molar refractivity (Wildman–Crippen MR) is 133 cm³/mol. The molecule has 0 saturated carbocycles. The first-order valence-corrected chi connectivity index (χ1v) is 14.2. The maximum Gasteiger partial charge on any atom is 0.140 e. The van der Waals surface area contributed by atoms with Crippen molar-refractivity contribution in [2.24, 2.45) is 5.16 Å². The lowest BCUT2D eigenvalue weighted by molar-refractivity contribution is 0.102. The minimum absolute atomic E-state index is 0.0114. The lowest BCUT2D eigenvalue weighted by Gasteiger charge is -2.35. The van der Waals surface area contributed by atoms with E-state index >= 15 is 0 Å². The fourth-order valence-electron chi connectivity index (χ4n) is 4.42. The van der Waals surface area contributed by atoms with Crippen molar-refractivity contribution in [2.45, 2.75) is 44.1 Å². The Morgan fingerprint density at radius 3 is 2.35 bits per heavy atom. The highest BCUT2D eigenvalue weighted by molar-refractivity contribution is 8.32. The number of oxime groups is 1. The van der Waals surface area contributed by atoms with E-state index in [0.717, 1.165) is 42.9 Å². The van der Waals surface area contributed by atoms with Gasteiger partial charge in [-0.1, -0.05) is 67.4 Å². The molecule has 1 N–H and O–H groups in total. The lowest BCUT2D eigenvalue weighted by Crippen LogP contribution is -2.37. The number of unbranched alkanes of at least 4 members (excludes halogenated alkanes) is 1. The Labute approximate surface area is 189 Å². The first kappa shape index (κ1) is 23.7. The zero-order chi connectivity index (χ0) is 22.3. The summed E-state index contributed by atoms with van der Waals surface area (Å²) in [5.41, 5.74) is 3.30. The van der Waals surface area contributed by atoms with Crippen LogP contribution in [0.5, 0.6) is 5.75 Å². The molecular formula is C26H37NO3S. The minimum Gasteiger partial charge on any atom is -0.491 e. The molecule has 0 fully saturated rings. The molecule has 0 amide bonds. The van der Waals surface area contributed by atoms with Crippen molar-refractivity contribution in [1.82, 2.24) is 0 Å². The fraction of sp³-hybridized carbons (Fsp3) is 0.500. The van der Waals surface area contributed by atoms with E-state index in [1.54, 1.807) is 0 Å². The van der Waals surface area contributed by atoms with Crippen LogP contribution in [0.2, 0.25) is 0 Å². The van der Waals surface area contributed by atoms with Crippen LogP contribution in [0, 0.1) is 0 Å². The molecule has 0 spiro atoms. The number of aliphatic hydroxyl groups excluding tert-OH is 1. The van der Waals surface area contributed by atoms with E-state index in [1.165, 1.54) is 11.1 Å². The van der Waals surface area contributed by atoms with E-state index in [2.05, 4.69) is 68.2 Å². The Bertz CT molecular complexity index is 845. The van der Waals surface area contributed by atoms with Gasteiger partial charge in [-0.25, -0.2) is 10.0 Å². The zero-order valence-corrected chi connectivity index (χ0v) is 20.2. The van der Waals surface area contributed by atoms with Crippen LogP contribution in [0.1, 0.15) is 43.7 Å². The highest BCUT2D eigenvalue weighted by atomic mass is 32.3. The molecule has 0 aromatic heterocycles. The van der Waals surface area contributed by atoms with E-state index in [1.807, 2.05) is 12.1 Å².